The van der Waals surface area contributed by atoms with Gasteiger partial charge < -0.3 is 4.74 Å². The van der Waals surface area contributed by atoms with Crippen molar-refractivity contribution < 1.29 is 22.7 Å². The van der Waals surface area contributed by atoms with Crippen molar-refractivity contribution in [1.82, 2.24) is 5.32 Å². The number of nitrogens with zero attached hydrogens (tertiary/aromatic N) is 2. The molecule has 1 unspecified atom stereocenters. The number of carbonyl (C=O) groups is 1. The number of ether oxygens (including phenoxy) is 1. The summed E-state index contributed by atoms with van der Waals surface area (Å²) in [6, 6.07) is 5.89. The Balaban J connectivity index is 1.93. The molecule has 103 valence electrons. The molecule has 1 radical (unpaired) electrons. The summed E-state index contributed by atoms with van der Waals surface area (Å²) in [5.41, 5.74) is 0.643. The number of urea groups is 1. The fourth-order valence-electron chi connectivity index (χ4n) is 1.64. The van der Waals surface area contributed by atoms with Crippen molar-refractivity contribution in [2.75, 3.05) is 24.6 Å². The third-order valence-corrected chi connectivity index (χ3v) is 2.63. The number of amides is 2. The molecule has 0 saturated carbocycles. The van der Waals surface area contributed by atoms with E-state index < -0.39 is 19.2 Å². The zero-order chi connectivity index (χ0) is 13.8. The van der Waals surface area contributed by atoms with Crippen LogP contribution in [-0.4, -0.2) is 38.3 Å². The lowest BCUT2D eigenvalue weighted by Gasteiger charge is -2.14. The molecule has 1 heterocycles. The summed E-state index contributed by atoms with van der Waals surface area (Å²) in [6.07, 6.45) is -5.36. The summed E-state index contributed by atoms with van der Waals surface area (Å²) in [6.45, 7) is 0.265. The molecule has 1 atom stereocenters. The second-order valence-corrected chi connectivity index (χ2v) is 3.97. The topological polar surface area (TPSA) is 43.6 Å². The predicted octanol–water partition coefficient (Wildman–Crippen LogP) is 2.21. The van der Waals surface area contributed by atoms with Crippen molar-refractivity contribution in [3.8, 4) is 5.75 Å². The van der Waals surface area contributed by atoms with E-state index in [9.17, 15) is 18.0 Å². The standard InChI is InChI=1S/C12H12F3N2O2/c13-10(11(14)15)7-19-9-3-1-8(2-4-9)17-6-5-16-12(17)18/h1-4,10-11H,5-7H2. The van der Waals surface area contributed by atoms with Gasteiger partial charge in [0, 0.05) is 12.2 Å². The minimum absolute atomic E-state index is 0.274. The zero-order valence-corrected chi connectivity index (χ0v) is 9.93. The average Bonchev–Trinajstić information content (AvgIpc) is 2.82. The third kappa shape index (κ3) is 3.30. The third-order valence-electron chi connectivity index (χ3n) is 2.63. The van der Waals surface area contributed by atoms with Crippen LogP contribution in [0.2, 0.25) is 0 Å². The summed E-state index contributed by atoms with van der Waals surface area (Å²) in [5.74, 6) is 0.274. The largest absolute Gasteiger partial charge is 0.490 e. The monoisotopic (exact) mass is 273 g/mol. The molecular weight excluding hydrogens is 261 g/mol. The molecule has 7 heteroatoms. The number of anilines is 1. The second-order valence-electron chi connectivity index (χ2n) is 3.97. The predicted molar refractivity (Wildman–Crippen MR) is 62.6 cm³/mol. The first kappa shape index (κ1) is 13.5. The molecule has 1 fully saturated rings. The second kappa shape index (κ2) is 5.81. The molecule has 2 amide bonds. The fraction of sp³-hybridized carbons (Fsp3) is 0.417. The van der Waals surface area contributed by atoms with Crippen molar-refractivity contribution in [3.05, 3.63) is 24.3 Å². The molecule has 0 N–H and O–H groups in total. The molecule has 4 nitrogen and oxygen atoms in total. The van der Waals surface area contributed by atoms with E-state index in [-0.39, 0.29) is 11.8 Å². The maximum absolute atomic E-state index is 12.6. The molecule has 0 bridgehead atoms. The fourth-order valence-corrected chi connectivity index (χ4v) is 1.64. The Labute approximate surface area is 108 Å². The Morgan fingerprint density at radius 2 is 1.95 bits per heavy atom. The van der Waals surface area contributed by atoms with Crippen molar-refractivity contribution in [1.29, 1.82) is 0 Å². The highest BCUT2D eigenvalue weighted by molar-refractivity contribution is 5.93. The van der Waals surface area contributed by atoms with Gasteiger partial charge in [0.15, 0.2) is 6.17 Å². The first-order valence-corrected chi connectivity index (χ1v) is 5.72. The smallest absolute Gasteiger partial charge is 0.343 e. The normalized spacial score (nSPS) is 16.6. The van der Waals surface area contributed by atoms with E-state index in [1.54, 1.807) is 12.1 Å². The van der Waals surface area contributed by atoms with Gasteiger partial charge in [-0.05, 0) is 24.3 Å². The Morgan fingerprint density at radius 1 is 1.26 bits per heavy atom. The molecule has 1 aromatic carbocycles. The lowest BCUT2D eigenvalue weighted by molar-refractivity contribution is 0.0231. The maximum Gasteiger partial charge on any atom is 0.343 e. The van der Waals surface area contributed by atoms with Crippen molar-refractivity contribution in [2.24, 2.45) is 0 Å². The molecule has 19 heavy (non-hydrogen) atoms. The van der Waals surface area contributed by atoms with Crippen LogP contribution in [0.4, 0.5) is 23.7 Å². The van der Waals surface area contributed by atoms with E-state index in [0.717, 1.165) is 0 Å². The Bertz CT molecular complexity index is 439. The lowest BCUT2D eigenvalue weighted by atomic mass is 10.3. The number of benzene rings is 1. The van der Waals surface area contributed by atoms with E-state index >= 15 is 0 Å². The Hall–Kier alpha value is -1.92. The molecule has 1 aromatic rings. The van der Waals surface area contributed by atoms with Crippen LogP contribution in [0.15, 0.2) is 24.3 Å². The molecule has 0 spiro atoms. The van der Waals surface area contributed by atoms with E-state index in [0.29, 0.717) is 18.8 Å². The van der Waals surface area contributed by atoms with E-state index in [1.165, 1.54) is 17.0 Å². The number of alkyl halides is 3. The van der Waals surface area contributed by atoms with Crippen molar-refractivity contribution in [2.45, 2.75) is 12.6 Å². The molecule has 1 aliphatic rings. The maximum atomic E-state index is 12.6. The summed E-state index contributed by atoms with van der Waals surface area (Å²) < 4.78 is 41.4. The van der Waals surface area contributed by atoms with Crippen LogP contribution in [0.3, 0.4) is 0 Å². The van der Waals surface area contributed by atoms with Gasteiger partial charge in [-0.15, -0.1) is 0 Å². The zero-order valence-electron chi connectivity index (χ0n) is 9.93. The van der Waals surface area contributed by atoms with Crippen LogP contribution in [0, 0.1) is 0 Å². The van der Waals surface area contributed by atoms with Crippen LogP contribution in [0.25, 0.3) is 0 Å². The summed E-state index contributed by atoms with van der Waals surface area (Å²) in [5, 5.41) is 3.72. The summed E-state index contributed by atoms with van der Waals surface area (Å²) in [4.78, 5) is 12.8. The van der Waals surface area contributed by atoms with Gasteiger partial charge >= 0.3 is 6.03 Å². The Kier molecular flexibility index (Phi) is 4.13. The van der Waals surface area contributed by atoms with Crippen LogP contribution >= 0.6 is 0 Å². The average molecular weight is 273 g/mol. The van der Waals surface area contributed by atoms with Crippen molar-refractivity contribution in [3.63, 3.8) is 0 Å². The van der Waals surface area contributed by atoms with Gasteiger partial charge in [-0.2, -0.15) is 0 Å². The van der Waals surface area contributed by atoms with Crippen molar-refractivity contribution >= 4 is 11.7 Å². The van der Waals surface area contributed by atoms with Gasteiger partial charge in [0.05, 0.1) is 6.54 Å². The molecule has 0 aromatic heterocycles. The summed E-state index contributed by atoms with van der Waals surface area (Å²) in [7, 11) is 0. The lowest BCUT2D eigenvalue weighted by Crippen LogP contribution is -2.25. The SMILES string of the molecule is O=C1[N]CCN1c1ccc(OCC(F)C(F)F)cc1. The Morgan fingerprint density at radius 3 is 2.47 bits per heavy atom. The van der Waals surface area contributed by atoms with E-state index in [2.05, 4.69) is 5.32 Å². The molecule has 0 aliphatic carbocycles. The molecule has 1 aliphatic heterocycles. The minimum Gasteiger partial charge on any atom is -0.490 e. The number of carbonyl (C=O) groups excluding carboxylic acids is 1. The first-order chi connectivity index (χ1) is 9.08. The van der Waals surface area contributed by atoms with Crippen LogP contribution in [0.1, 0.15) is 0 Å². The van der Waals surface area contributed by atoms with E-state index in [4.69, 9.17) is 4.74 Å². The quantitative estimate of drug-likeness (QED) is 0.825. The number of rotatable bonds is 5. The van der Waals surface area contributed by atoms with Crippen LogP contribution in [0.5, 0.6) is 5.75 Å². The minimum atomic E-state index is -3.05. The van der Waals surface area contributed by atoms with E-state index in [1.807, 2.05) is 0 Å². The van der Waals surface area contributed by atoms with Gasteiger partial charge in [0.2, 0.25) is 0 Å². The molecule has 2 rings (SSSR count). The summed E-state index contributed by atoms with van der Waals surface area (Å²) >= 11 is 0. The highest BCUT2D eigenvalue weighted by atomic mass is 19.3. The van der Waals surface area contributed by atoms with Gasteiger partial charge in [0.1, 0.15) is 12.4 Å². The van der Waals surface area contributed by atoms with Gasteiger partial charge in [0.25, 0.3) is 6.43 Å². The highest BCUT2D eigenvalue weighted by Crippen LogP contribution is 2.21. The highest BCUT2D eigenvalue weighted by Gasteiger charge is 2.23. The number of hydrogen-bond donors (Lipinski definition) is 0. The van der Waals surface area contributed by atoms with Crippen LogP contribution in [-0.2, 0) is 0 Å². The number of hydrogen-bond acceptors (Lipinski definition) is 2. The number of halogens is 3. The van der Waals surface area contributed by atoms with Gasteiger partial charge in [-0.1, -0.05) is 0 Å². The molecule has 1 saturated heterocycles. The first-order valence-electron chi connectivity index (χ1n) is 5.72. The molecular formula is C12H12F3N2O2. The van der Waals surface area contributed by atoms with Crippen LogP contribution < -0.4 is 15.0 Å². The van der Waals surface area contributed by atoms with Gasteiger partial charge in [-0.3, -0.25) is 4.90 Å². The van der Waals surface area contributed by atoms with Gasteiger partial charge in [-0.25, -0.2) is 23.3 Å².